The van der Waals surface area contributed by atoms with Crippen LogP contribution in [0, 0.1) is 5.82 Å². The number of nitrogens with one attached hydrogen (secondary N) is 1. The van der Waals surface area contributed by atoms with E-state index >= 15 is 0 Å². The number of anilines is 1. The monoisotopic (exact) mass is 373 g/mol. The van der Waals surface area contributed by atoms with Crippen molar-refractivity contribution in [2.75, 3.05) is 18.5 Å². The van der Waals surface area contributed by atoms with E-state index in [1.54, 1.807) is 30.3 Å². The van der Waals surface area contributed by atoms with Crippen LogP contribution in [0.5, 0.6) is 5.75 Å². The number of amides is 1. The molecule has 0 aliphatic heterocycles. The van der Waals surface area contributed by atoms with Crippen LogP contribution >= 0.6 is 0 Å². The Morgan fingerprint density at radius 2 is 1.74 bits per heavy atom. The molecule has 0 saturated heterocycles. The Balaban J connectivity index is 1.62. The largest absolute Gasteiger partial charge is 0.494 e. The maximum atomic E-state index is 13.4. The number of benzene rings is 2. The zero-order chi connectivity index (χ0) is 19.6. The molecule has 142 valence electrons. The number of rotatable bonds is 9. The number of esters is 1. The minimum absolute atomic E-state index is 0.0247. The summed E-state index contributed by atoms with van der Waals surface area (Å²) in [6.45, 7) is 1.29. The first-order chi connectivity index (χ1) is 13.0. The molecule has 1 amide bonds. The van der Waals surface area contributed by atoms with Gasteiger partial charge in [-0.25, -0.2) is 4.39 Å². The predicted octanol–water partition coefficient (Wildman–Crippen LogP) is 3.37. The first-order valence-electron chi connectivity index (χ1n) is 8.39. The van der Waals surface area contributed by atoms with Crippen molar-refractivity contribution in [3.8, 4) is 5.75 Å². The molecule has 1 N–H and O–H groups in total. The minimum atomic E-state index is -0.615. The number of carbonyl (C=O) groups excluding carboxylic acids is 3. The number of ether oxygens (including phenoxy) is 2. The van der Waals surface area contributed by atoms with Crippen molar-refractivity contribution in [3.05, 3.63) is 59.9 Å². The lowest BCUT2D eigenvalue weighted by molar-refractivity contribution is -0.147. The molecule has 27 heavy (non-hydrogen) atoms. The highest BCUT2D eigenvalue weighted by Gasteiger charge is 2.10. The summed E-state index contributed by atoms with van der Waals surface area (Å²) in [4.78, 5) is 34.5. The predicted molar refractivity (Wildman–Crippen MR) is 97.2 cm³/mol. The summed E-state index contributed by atoms with van der Waals surface area (Å²) in [6, 6.07) is 12.4. The van der Waals surface area contributed by atoms with Crippen LogP contribution in [-0.4, -0.2) is 30.9 Å². The fourth-order valence-electron chi connectivity index (χ4n) is 2.16. The number of ketones is 1. The van der Waals surface area contributed by atoms with E-state index in [2.05, 4.69) is 5.32 Å². The molecule has 6 nitrogen and oxygen atoms in total. The summed E-state index contributed by atoms with van der Waals surface area (Å²) >= 11 is 0. The second kappa shape index (κ2) is 10.1. The van der Waals surface area contributed by atoms with Gasteiger partial charge in [-0.1, -0.05) is 12.1 Å². The molecule has 0 bridgehead atoms. The summed E-state index contributed by atoms with van der Waals surface area (Å²) in [5, 5.41) is 2.33. The van der Waals surface area contributed by atoms with Gasteiger partial charge in [0, 0.05) is 12.0 Å². The van der Waals surface area contributed by atoms with Crippen LogP contribution in [-0.2, 0) is 14.3 Å². The van der Waals surface area contributed by atoms with Gasteiger partial charge in [-0.05, 0) is 49.7 Å². The van der Waals surface area contributed by atoms with E-state index in [9.17, 15) is 18.8 Å². The third kappa shape index (κ3) is 6.89. The zero-order valence-electron chi connectivity index (χ0n) is 14.9. The quantitative estimate of drug-likeness (QED) is 0.414. The average molecular weight is 373 g/mol. The molecular weight excluding hydrogens is 353 g/mol. The van der Waals surface area contributed by atoms with Crippen molar-refractivity contribution in [1.82, 2.24) is 0 Å². The summed E-state index contributed by atoms with van der Waals surface area (Å²) in [6.07, 6.45) is 0.487. The van der Waals surface area contributed by atoms with Gasteiger partial charge in [-0.3, -0.25) is 14.4 Å². The molecule has 2 rings (SSSR count). The van der Waals surface area contributed by atoms with Crippen LogP contribution < -0.4 is 10.1 Å². The maximum Gasteiger partial charge on any atom is 0.306 e. The van der Waals surface area contributed by atoms with Crippen molar-refractivity contribution in [3.63, 3.8) is 0 Å². The van der Waals surface area contributed by atoms with Gasteiger partial charge < -0.3 is 14.8 Å². The van der Waals surface area contributed by atoms with E-state index in [1.165, 1.54) is 25.1 Å². The number of hydrogen-bond acceptors (Lipinski definition) is 5. The third-order valence-electron chi connectivity index (χ3n) is 3.57. The summed E-state index contributed by atoms with van der Waals surface area (Å²) in [5.41, 5.74) is 0.627. The lowest BCUT2D eigenvalue weighted by atomic mass is 10.1. The Labute approximate surface area is 156 Å². The Bertz CT molecular complexity index is 804. The van der Waals surface area contributed by atoms with Crippen LogP contribution in [0.25, 0.3) is 0 Å². The summed E-state index contributed by atoms with van der Waals surface area (Å²) in [5.74, 6) is -1.16. The second-order valence-electron chi connectivity index (χ2n) is 5.72. The van der Waals surface area contributed by atoms with Gasteiger partial charge in [-0.15, -0.1) is 0 Å². The van der Waals surface area contributed by atoms with E-state index in [1.807, 2.05) is 0 Å². The van der Waals surface area contributed by atoms with Gasteiger partial charge >= 0.3 is 5.97 Å². The molecule has 2 aromatic carbocycles. The lowest BCUT2D eigenvalue weighted by Gasteiger charge is -2.08. The molecule has 0 radical (unpaired) electrons. The van der Waals surface area contributed by atoms with Gasteiger partial charge in [0.25, 0.3) is 5.91 Å². The van der Waals surface area contributed by atoms with Crippen molar-refractivity contribution in [1.29, 1.82) is 0 Å². The van der Waals surface area contributed by atoms with Gasteiger partial charge in [0.2, 0.25) is 0 Å². The minimum Gasteiger partial charge on any atom is -0.494 e. The van der Waals surface area contributed by atoms with Crippen molar-refractivity contribution >= 4 is 23.3 Å². The fraction of sp³-hybridized carbons (Fsp3) is 0.250. The van der Waals surface area contributed by atoms with Crippen molar-refractivity contribution in [2.45, 2.75) is 19.8 Å². The Morgan fingerprint density at radius 1 is 1.04 bits per heavy atom. The van der Waals surface area contributed by atoms with E-state index < -0.39 is 24.3 Å². The number of hydrogen-bond donors (Lipinski definition) is 1. The van der Waals surface area contributed by atoms with Crippen LogP contribution in [0.1, 0.15) is 30.1 Å². The number of carbonyl (C=O) groups is 3. The second-order valence-corrected chi connectivity index (χ2v) is 5.72. The first kappa shape index (κ1) is 20.1. The highest BCUT2D eigenvalue weighted by Crippen LogP contribution is 2.13. The molecule has 2 aromatic rings. The third-order valence-corrected chi connectivity index (χ3v) is 3.57. The lowest BCUT2D eigenvalue weighted by Crippen LogP contribution is -2.21. The van der Waals surface area contributed by atoms with E-state index in [-0.39, 0.29) is 24.5 Å². The number of halogens is 1. The van der Waals surface area contributed by atoms with Gasteiger partial charge in [-0.2, -0.15) is 0 Å². The van der Waals surface area contributed by atoms with Gasteiger partial charge in [0.05, 0.1) is 12.3 Å². The van der Waals surface area contributed by atoms with Crippen molar-refractivity contribution < 1.29 is 28.2 Å². The summed E-state index contributed by atoms with van der Waals surface area (Å²) < 4.78 is 23.7. The van der Waals surface area contributed by atoms with Crippen LogP contribution in [0.3, 0.4) is 0 Å². The van der Waals surface area contributed by atoms with Gasteiger partial charge in [0.15, 0.2) is 12.4 Å². The topological polar surface area (TPSA) is 81.7 Å². The molecule has 0 fully saturated rings. The standard InChI is InChI=1S/C20H20FNO5/c1-14(23)15-8-10-16(11-9-15)26-12-4-7-20(25)27-13-19(24)22-18-6-3-2-5-17(18)21/h2-3,5-6,8-11H,4,7,12-13H2,1H3,(H,22,24). The highest BCUT2D eigenvalue weighted by molar-refractivity contribution is 5.94. The zero-order valence-corrected chi connectivity index (χ0v) is 14.9. The summed E-state index contributed by atoms with van der Waals surface area (Å²) in [7, 11) is 0. The van der Waals surface area contributed by atoms with Crippen LogP contribution in [0.15, 0.2) is 48.5 Å². The SMILES string of the molecule is CC(=O)c1ccc(OCCCC(=O)OCC(=O)Nc2ccccc2F)cc1. The average Bonchev–Trinajstić information content (AvgIpc) is 2.66. The number of Topliss-reactive ketones (excluding diaryl/α,β-unsaturated/α-hetero) is 1. The van der Waals surface area contributed by atoms with E-state index in [0.717, 1.165) is 0 Å². The molecular formula is C20H20FNO5. The van der Waals surface area contributed by atoms with E-state index in [4.69, 9.17) is 9.47 Å². The Kier molecular flexibility index (Phi) is 7.49. The van der Waals surface area contributed by atoms with Crippen LogP contribution in [0.2, 0.25) is 0 Å². The van der Waals surface area contributed by atoms with E-state index in [0.29, 0.717) is 17.7 Å². The Hall–Kier alpha value is -3.22. The van der Waals surface area contributed by atoms with Crippen molar-refractivity contribution in [2.24, 2.45) is 0 Å². The molecule has 0 saturated carbocycles. The molecule has 0 unspecified atom stereocenters. The fourth-order valence-corrected chi connectivity index (χ4v) is 2.16. The molecule has 0 aromatic heterocycles. The normalized spacial score (nSPS) is 10.1. The Morgan fingerprint density at radius 3 is 2.41 bits per heavy atom. The molecule has 0 atom stereocenters. The number of para-hydroxylation sites is 1. The maximum absolute atomic E-state index is 13.4. The molecule has 7 heteroatoms. The highest BCUT2D eigenvalue weighted by atomic mass is 19.1. The molecule has 0 aliphatic carbocycles. The smallest absolute Gasteiger partial charge is 0.306 e. The van der Waals surface area contributed by atoms with Gasteiger partial charge in [0.1, 0.15) is 11.6 Å². The molecule has 0 spiro atoms. The van der Waals surface area contributed by atoms with Crippen LogP contribution in [0.4, 0.5) is 10.1 Å². The molecule has 0 heterocycles. The molecule has 0 aliphatic rings. The first-order valence-corrected chi connectivity index (χ1v) is 8.39.